The van der Waals surface area contributed by atoms with Crippen molar-refractivity contribution in [2.45, 2.75) is 57.9 Å². The Hall–Kier alpha value is -0.570. The molecule has 0 aromatic heterocycles. The van der Waals surface area contributed by atoms with Crippen LogP contribution in [-0.2, 0) is 4.79 Å². The van der Waals surface area contributed by atoms with Gasteiger partial charge in [-0.1, -0.05) is 26.2 Å². The van der Waals surface area contributed by atoms with Crippen LogP contribution in [0.15, 0.2) is 0 Å². The lowest BCUT2D eigenvalue weighted by Gasteiger charge is -2.30. The molecule has 0 aliphatic carbocycles. The third-order valence-corrected chi connectivity index (χ3v) is 3.05. The fourth-order valence-electron chi connectivity index (χ4n) is 2.10. The van der Waals surface area contributed by atoms with Crippen LogP contribution in [0.25, 0.3) is 0 Å². The summed E-state index contributed by atoms with van der Waals surface area (Å²) in [5.74, 6) is 0.307. The Morgan fingerprint density at radius 1 is 1.40 bits per heavy atom. The molecule has 0 aromatic carbocycles. The van der Waals surface area contributed by atoms with Gasteiger partial charge in [-0.2, -0.15) is 0 Å². The van der Waals surface area contributed by atoms with Crippen LogP contribution in [0, 0.1) is 0 Å². The Kier molecular flexibility index (Phi) is 5.69. The van der Waals surface area contributed by atoms with Gasteiger partial charge in [-0.25, -0.2) is 0 Å². The molecule has 0 unspecified atom stereocenters. The van der Waals surface area contributed by atoms with Crippen molar-refractivity contribution in [1.29, 1.82) is 0 Å². The predicted octanol–water partition coefficient (Wildman–Crippen LogP) is 1.91. The summed E-state index contributed by atoms with van der Waals surface area (Å²) in [7, 11) is 0. The molecule has 0 radical (unpaired) electrons. The Labute approximate surface area is 93.0 Å². The average molecular weight is 212 g/mol. The highest BCUT2D eigenvalue weighted by molar-refractivity contribution is 5.76. The Morgan fingerprint density at radius 2 is 2.20 bits per heavy atom. The van der Waals surface area contributed by atoms with Gasteiger partial charge >= 0.3 is 0 Å². The molecule has 1 aliphatic rings. The normalized spacial score (nSPS) is 21.7. The monoisotopic (exact) mass is 212 g/mol. The van der Waals surface area contributed by atoms with E-state index in [2.05, 4.69) is 6.92 Å². The molecule has 0 spiro atoms. The predicted molar refractivity (Wildman–Crippen MR) is 62.5 cm³/mol. The second-order valence-electron chi connectivity index (χ2n) is 4.55. The number of amides is 1. The molecule has 2 N–H and O–H groups in total. The number of unbranched alkanes of at least 4 members (excludes halogenated alkanes) is 3. The van der Waals surface area contributed by atoms with Gasteiger partial charge in [0.15, 0.2) is 0 Å². The van der Waals surface area contributed by atoms with E-state index in [9.17, 15) is 4.79 Å². The van der Waals surface area contributed by atoms with Crippen LogP contribution in [0.5, 0.6) is 0 Å². The molecule has 3 heteroatoms. The third kappa shape index (κ3) is 4.65. The van der Waals surface area contributed by atoms with Crippen LogP contribution >= 0.6 is 0 Å². The summed E-state index contributed by atoms with van der Waals surface area (Å²) in [6, 6.07) is 0.207. The molecule has 0 aromatic rings. The lowest BCUT2D eigenvalue weighted by Crippen LogP contribution is -2.45. The van der Waals surface area contributed by atoms with Crippen LogP contribution in [-0.4, -0.2) is 29.9 Å². The van der Waals surface area contributed by atoms with Crippen LogP contribution in [0.1, 0.15) is 51.9 Å². The fourth-order valence-corrected chi connectivity index (χ4v) is 2.10. The Morgan fingerprint density at radius 3 is 2.87 bits per heavy atom. The molecule has 1 aliphatic heterocycles. The van der Waals surface area contributed by atoms with E-state index >= 15 is 0 Å². The van der Waals surface area contributed by atoms with Crippen molar-refractivity contribution in [2.24, 2.45) is 5.73 Å². The minimum absolute atomic E-state index is 0.207. The molecule has 1 atom stereocenters. The second-order valence-corrected chi connectivity index (χ2v) is 4.55. The quantitative estimate of drug-likeness (QED) is 0.708. The fraction of sp³-hybridized carbons (Fsp3) is 0.917. The molecule has 1 fully saturated rings. The second kappa shape index (κ2) is 6.83. The van der Waals surface area contributed by atoms with Gasteiger partial charge in [0.1, 0.15) is 0 Å². The van der Waals surface area contributed by atoms with E-state index in [1.165, 1.54) is 19.3 Å². The summed E-state index contributed by atoms with van der Waals surface area (Å²) in [5, 5.41) is 0. The number of likely N-dealkylation sites (tertiary alicyclic amines) is 1. The molecule has 0 bridgehead atoms. The summed E-state index contributed by atoms with van der Waals surface area (Å²) in [6.07, 6.45) is 7.55. The largest absolute Gasteiger partial charge is 0.341 e. The van der Waals surface area contributed by atoms with Gasteiger partial charge in [0.2, 0.25) is 5.91 Å². The van der Waals surface area contributed by atoms with Crippen molar-refractivity contribution >= 4 is 5.91 Å². The van der Waals surface area contributed by atoms with Crippen molar-refractivity contribution in [2.75, 3.05) is 13.1 Å². The molecule has 3 nitrogen and oxygen atoms in total. The molecule has 1 rings (SSSR count). The molecule has 1 saturated heterocycles. The molecule has 1 amide bonds. The van der Waals surface area contributed by atoms with E-state index in [0.29, 0.717) is 12.3 Å². The maximum Gasteiger partial charge on any atom is 0.222 e. The van der Waals surface area contributed by atoms with Gasteiger partial charge < -0.3 is 10.6 Å². The molecular formula is C12H24N2O. The summed E-state index contributed by atoms with van der Waals surface area (Å²) in [5.41, 5.74) is 5.85. The highest BCUT2D eigenvalue weighted by Crippen LogP contribution is 2.11. The number of hydrogen-bond donors (Lipinski definition) is 1. The SMILES string of the molecule is CCCCCCC(=O)N1CCC[C@@H](N)C1. The average Bonchev–Trinajstić information content (AvgIpc) is 2.24. The first kappa shape index (κ1) is 12.5. The standard InChI is InChI=1S/C12H24N2O/c1-2-3-4-5-8-12(15)14-9-6-7-11(13)10-14/h11H,2-10,13H2,1H3/t11-/m1/s1. The van der Waals surface area contributed by atoms with Gasteiger partial charge in [0.25, 0.3) is 0 Å². The number of hydrogen-bond acceptors (Lipinski definition) is 2. The lowest BCUT2D eigenvalue weighted by atomic mass is 10.1. The van der Waals surface area contributed by atoms with E-state index in [1.54, 1.807) is 0 Å². The molecule has 0 saturated carbocycles. The Balaban J connectivity index is 2.15. The minimum Gasteiger partial charge on any atom is -0.341 e. The van der Waals surface area contributed by atoms with Crippen molar-refractivity contribution in [1.82, 2.24) is 4.90 Å². The topological polar surface area (TPSA) is 46.3 Å². The van der Waals surface area contributed by atoms with Gasteiger partial charge in [-0.05, 0) is 19.3 Å². The van der Waals surface area contributed by atoms with E-state index in [4.69, 9.17) is 5.73 Å². The zero-order valence-electron chi connectivity index (χ0n) is 9.87. The summed E-state index contributed by atoms with van der Waals surface area (Å²) >= 11 is 0. The maximum atomic E-state index is 11.8. The van der Waals surface area contributed by atoms with Gasteiger partial charge in [-0.15, -0.1) is 0 Å². The zero-order chi connectivity index (χ0) is 11.1. The zero-order valence-corrected chi connectivity index (χ0v) is 9.87. The van der Waals surface area contributed by atoms with E-state index < -0.39 is 0 Å². The van der Waals surface area contributed by atoms with Gasteiger partial charge in [0, 0.05) is 25.6 Å². The van der Waals surface area contributed by atoms with Crippen LogP contribution in [0.4, 0.5) is 0 Å². The summed E-state index contributed by atoms with van der Waals surface area (Å²) in [4.78, 5) is 13.7. The molecule has 1 heterocycles. The van der Waals surface area contributed by atoms with Gasteiger partial charge in [0.05, 0.1) is 0 Å². The first-order valence-corrected chi connectivity index (χ1v) is 6.27. The summed E-state index contributed by atoms with van der Waals surface area (Å²) in [6.45, 7) is 3.87. The van der Waals surface area contributed by atoms with Crippen LogP contribution in [0.3, 0.4) is 0 Å². The lowest BCUT2D eigenvalue weighted by molar-refractivity contribution is -0.132. The van der Waals surface area contributed by atoms with Crippen LogP contribution in [0.2, 0.25) is 0 Å². The van der Waals surface area contributed by atoms with Crippen molar-refractivity contribution in [3.63, 3.8) is 0 Å². The number of piperidine rings is 1. The number of rotatable bonds is 5. The number of nitrogens with zero attached hydrogens (tertiary/aromatic N) is 1. The van der Waals surface area contributed by atoms with Crippen LogP contribution < -0.4 is 5.73 Å². The molecule has 15 heavy (non-hydrogen) atoms. The highest BCUT2D eigenvalue weighted by atomic mass is 16.2. The van der Waals surface area contributed by atoms with E-state index in [-0.39, 0.29) is 6.04 Å². The van der Waals surface area contributed by atoms with Crippen molar-refractivity contribution in [3.8, 4) is 0 Å². The number of nitrogens with two attached hydrogens (primary N) is 1. The third-order valence-electron chi connectivity index (χ3n) is 3.05. The maximum absolute atomic E-state index is 11.8. The number of carbonyl (C=O) groups is 1. The Bertz CT molecular complexity index is 194. The first-order valence-electron chi connectivity index (χ1n) is 6.27. The molecular weight excluding hydrogens is 188 g/mol. The number of carbonyl (C=O) groups excluding carboxylic acids is 1. The molecule has 88 valence electrons. The minimum atomic E-state index is 0.207. The van der Waals surface area contributed by atoms with Crippen molar-refractivity contribution < 1.29 is 4.79 Å². The summed E-state index contributed by atoms with van der Waals surface area (Å²) < 4.78 is 0. The highest BCUT2D eigenvalue weighted by Gasteiger charge is 2.20. The first-order chi connectivity index (χ1) is 7.24. The van der Waals surface area contributed by atoms with E-state index in [1.807, 2.05) is 4.90 Å². The smallest absolute Gasteiger partial charge is 0.222 e. The van der Waals surface area contributed by atoms with Gasteiger partial charge in [-0.3, -0.25) is 4.79 Å². The van der Waals surface area contributed by atoms with E-state index in [0.717, 1.165) is 32.4 Å². The van der Waals surface area contributed by atoms with Crippen molar-refractivity contribution in [3.05, 3.63) is 0 Å².